The van der Waals surface area contributed by atoms with Gasteiger partial charge in [-0.2, -0.15) is 0 Å². The Balaban J connectivity index is 2.29. The summed E-state index contributed by atoms with van der Waals surface area (Å²) < 4.78 is 5.20. The van der Waals surface area contributed by atoms with Crippen molar-refractivity contribution < 1.29 is 9.21 Å². The quantitative estimate of drug-likeness (QED) is 0.633. The standard InChI is InChI=1S/C9H17N5O2/c1-3-11-7(15)4-5-12-9-14-13-8(16-9)6(2)10/h6H,3-5,10H2,1-2H3,(H,11,15)(H,12,14). The average Bonchev–Trinajstić information content (AvgIpc) is 2.67. The topological polar surface area (TPSA) is 106 Å². The van der Waals surface area contributed by atoms with Crippen LogP contribution < -0.4 is 16.4 Å². The number of anilines is 1. The Hall–Kier alpha value is -1.63. The Morgan fingerprint density at radius 2 is 2.31 bits per heavy atom. The first-order valence-corrected chi connectivity index (χ1v) is 5.23. The molecule has 1 amide bonds. The zero-order valence-corrected chi connectivity index (χ0v) is 9.49. The minimum Gasteiger partial charge on any atom is -0.406 e. The number of rotatable bonds is 6. The third-order valence-corrected chi connectivity index (χ3v) is 1.83. The van der Waals surface area contributed by atoms with Crippen LogP contribution in [-0.2, 0) is 4.79 Å². The van der Waals surface area contributed by atoms with Crippen LogP contribution in [0.15, 0.2) is 4.42 Å². The first-order chi connectivity index (χ1) is 7.63. The first kappa shape index (κ1) is 12.4. The molecule has 0 saturated heterocycles. The van der Waals surface area contributed by atoms with Gasteiger partial charge in [0.2, 0.25) is 11.8 Å². The lowest BCUT2D eigenvalue weighted by Gasteiger charge is -2.02. The molecule has 4 N–H and O–H groups in total. The second-order valence-corrected chi connectivity index (χ2v) is 3.36. The number of amides is 1. The van der Waals surface area contributed by atoms with Gasteiger partial charge in [-0.25, -0.2) is 0 Å². The summed E-state index contributed by atoms with van der Waals surface area (Å²) in [4.78, 5) is 11.1. The summed E-state index contributed by atoms with van der Waals surface area (Å²) in [5.74, 6) is 0.363. The van der Waals surface area contributed by atoms with Gasteiger partial charge in [-0.1, -0.05) is 5.10 Å². The molecule has 1 rings (SSSR count). The van der Waals surface area contributed by atoms with E-state index in [1.54, 1.807) is 6.92 Å². The highest BCUT2D eigenvalue weighted by Crippen LogP contribution is 2.10. The zero-order valence-electron chi connectivity index (χ0n) is 9.49. The molecule has 1 aromatic heterocycles. The van der Waals surface area contributed by atoms with Crippen molar-refractivity contribution in [1.82, 2.24) is 15.5 Å². The molecule has 7 heteroatoms. The molecule has 0 spiro atoms. The molecule has 1 unspecified atom stereocenters. The number of hydrogen-bond donors (Lipinski definition) is 3. The van der Waals surface area contributed by atoms with Gasteiger partial charge in [-0.15, -0.1) is 5.10 Å². The van der Waals surface area contributed by atoms with Gasteiger partial charge in [0.15, 0.2) is 0 Å². The Labute approximate surface area is 93.8 Å². The van der Waals surface area contributed by atoms with Crippen molar-refractivity contribution in [2.24, 2.45) is 5.73 Å². The third kappa shape index (κ3) is 3.85. The fourth-order valence-corrected chi connectivity index (χ4v) is 1.06. The molecule has 0 radical (unpaired) electrons. The van der Waals surface area contributed by atoms with Crippen molar-refractivity contribution in [3.05, 3.63) is 5.89 Å². The molecule has 0 aliphatic heterocycles. The highest BCUT2D eigenvalue weighted by Gasteiger charge is 2.09. The summed E-state index contributed by atoms with van der Waals surface area (Å²) in [5.41, 5.74) is 5.56. The fraction of sp³-hybridized carbons (Fsp3) is 0.667. The second kappa shape index (κ2) is 6.06. The maximum atomic E-state index is 11.1. The van der Waals surface area contributed by atoms with Crippen LogP contribution in [0.2, 0.25) is 0 Å². The third-order valence-electron chi connectivity index (χ3n) is 1.83. The largest absolute Gasteiger partial charge is 0.406 e. The summed E-state index contributed by atoms with van der Waals surface area (Å²) in [6.07, 6.45) is 0.365. The lowest BCUT2D eigenvalue weighted by Crippen LogP contribution is -2.24. The summed E-state index contributed by atoms with van der Waals surface area (Å²) in [5, 5.41) is 13.0. The van der Waals surface area contributed by atoms with Gasteiger partial charge in [0, 0.05) is 19.5 Å². The molecular weight excluding hydrogens is 210 g/mol. The van der Waals surface area contributed by atoms with Crippen molar-refractivity contribution in [2.45, 2.75) is 26.3 Å². The highest BCUT2D eigenvalue weighted by atomic mass is 16.4. The Bertz CT molecular complexity index is 336. The lowest BCUT2D eigenvalue weighted by atomic mass is 10.4. The highest BCUT2D eigenvalue weighted by molar-refractivity contribution is 5.76. The van der Waals surface area contributed by atoms with E-state index in [1.165, 1.54) is 0 Å². The molecular formula is C9H17N5O2. The van der Waals surface area contributed by atoms with Crippen LogP contribution >= 0.6 is 0 Å². The number of nitrogens with zero attached hydrogens (tertiary/aromatic N) is 2. The van der Waals surface area contributed by atoms with Crippen molar-refractivity contribution in [3.8, 4) is 0 Å². The smallest absolute Gasteiger partial charge is 0.315 e. The van der Waals surface area contributed by atoms with E-state index in [-0.39, 0.29) is 18.0 Å². The fourth-order valence-electron chi connectivity index (χ4n) is 1.06. The lowest BCUT2D eigenvalue weighted by molar-refractivity contribution is -0.120. The number of nitrogens with one attached hydrogen (secondary N) is 2. The van der Waals surface area contributed by atoms with Crippen molar-refractivity contribution in [3.63, 3.8) is 0 Å². The number of nitrogens with two attached hydrogens (primary N) is 1. The predicted octanol–water partition coefficient (Wildman–Crippen LogP) is 0.0274. The molecule has 0 saturated carbocycles. The maximum absolute atomic E-state index is 11.1. The monoisotopic (exact) mass is 227 g/mol. The molecule has 1 aromatic rings. The van der Waals surface area contributed by atoms with E-state index < -0.39 is 0 Å². The van der Waals surface area contributed by atoms with E-state index in [0.29, 0.717) is 25.4 Å². The van der Waals surface area contributed by atoms with Crippen LogP contribution in [0.4, 0.5) is 6.01 Å². The maximum Gasteiger partial charge on any atom is 0.315 e. The first-order valence-electron chi connectivity index (χ1n) is 5.23. The molecule has 0 aliphatic rings. The van der Waals surface area contributed by atoms with Gasteiger partial charge in [0.05, 0.1) is 6.04 Å². The number of aromatic nitrogens is 2. The number of hydrogen-bond acceptors (Lipinski definition) is 6. The van der Waals surface area contributed by atoms with Crippen LogP contribution in [-0.4, -0.2) is 29.2 Å². The average molecular weight is 227 g/mol. The van der Waals surface area contributed by atoms with Gasteiger partial charge < -0.3 is 20.8 Å². The van der Waals surface area contributed by atoms with Gasteiger partial charge in [0.1, 0.15) is 0 Å². The van der Waals surface area contributed by atoms with Crippen molar-refractivity contribution in [1.29, 1.82) is 0 Å². The van der Waals surface area contributed by atoms with Crippen molar-refractivity contribution >= 4 is 11.9 Å². The van der Waals surface area contributed by atoms with Crippen LogP contribution in [0.5, 0.6) is 0 Å². The van der Waals surface area contributed by atoms with Crippen molar-refractivity contribution in [2.75, 3.05) is 18.4 Å². The van der Waals surface area contributed by atoms with Crippen LogP contribution in [0.3, 0.4) is 0 Å². The molecule has 0 aromatic carbocycles. The minimum atomic E-state index is -0.286. The molecule has 0 aliphatic carbocycles. The summed E-state index contributed by atoms with van der Waals surface area (Å²) >= 11 is 0. The van der Waals surface area contributed by atoms with Crippen LogP contribution in [0.25, 0.3) is 0 Å². The Kier molecular flexibility index (Phi) is 4.71. The number of carbonyl (C=O) groups is 1. The van der Waals surface area contributed by atoms with E-state index in [0.717, 1.165) is 0 Å². The SMILES string of the molecule is CCNC(=O)CCNc1nnc(C(C)N)o1. The Morgan fingerprint density at radius 1 is 1.56 bits per heavy atom. The van der Waals surface area contributed by atoms with E-state index in [2.05, 4.69) is 20.8 Å². The molecule has 1 heterocycles. The minimum absolute atomic E-state index is 0.0121. The van der Waals surface area contributed by atoms with Gasteiger partial charge in [-0.3, -0.25) is 4.79 Å². The molecule has 7 nitrogen and oxygen atoms in total. The van der Waals surface area contributed by atoms with Gasteiger partial charge in [0.25, 0.3) is 0 Å². The molecule has 1 atom stereocenters. The molecule has 16 heavy (non-hydrogen) atoms. The Morgan fingerprint density at radius 3 is 2.88 bits per heavy atom. The molecule has 0 bridgehead atoms. The van der Waals surface area contributed by atoms with Crippen LogP contribution in [0.1, 0.15) is 32.2 Å². The van der Waals surface area contributed by atoms with E-state index in [1.807, 2.05) is 6.92 Å². The predicted molar refractivity (Wildman–Crippen MR) is 58.7 cm³/mol. The second-order valence-electron chi connectivity index (χ2n) is 3.36. The molecule has 0 fully saturated rings. The zero-order chi connectivity index (χ0) is 12.0. The van der Waals surface area contributed by atoms with E-state index in [9.17, 15) is 4.79 Å². The number of carbonyl (C=O) groups excluding carboxylic acids is 1. The van der Waals surface area contributed by atoms with Gasteiger partial charge in [-0.05, 0) is 13.8 Å². The van der Waals surface area contributed by atoms with E-state index in [4.69, 9.17) is 10.2 Å². The van der Waals surface area contributed by atoms with Gasteiger partial charge >= 0.3 is 6.01 Å². The van der Waals surface area contributed by atoms with Crippen LogP contribution in [0, 0.1) is 0 Å². The summed E-state index contributed by atoms with van der Waals surface area (Å²) in [7, 11) is 0. The van der Waals surface area contributed by atoms with E-state index >= 15 is 0 Å². The summed E-state index contributed by atoms with van der Waals surface area (Å²) in [6, 6.07) is 0.00281. The summed E-state index contributed by atoms with van der Waals surface area (Å²) in [6.45, 7) is 4.71. The normalized spacial score (nSPS) is 12.2. The molecule has 90 valence electrons.